The zero-order valence-corrected chi connectivity index (χ0v) is 14.8. The Labute approximate surface area is 151 Å². The minimum absolute atomic E-state index is 0.101. The Morgan fingerprint density at radius 1 is 0.962 bits per heavy atom. The largest absolute Gasteiger partial charge is 0.379 e. The number of hydrogen-bond donors (Lipinski definition) is 1. The first kappa shape index (κ1) is 16.1. The van der Waals surface area contributed by atoms with Gasteiger partial charge >= 0.3 is 5.69 Å². The molecule has 2 aromatic carbocycles. The standard InChI is InChI=1S/C21H20N4O/c1-15-8-6-7-11-18(15)19-14-24(2)21(26)25-13-17(23-20(19)25)12-22-16-9-4-3-5-10-16/h3-11,13-14,22H,12H2,1-2H3. The van der Waals surface area contributed by atoms with Gasteiger partial charge in [-0.05, 0) is 30.2 Å². The first-order valence-corrected chi connectivity index (χ1v) is 8.56. The average molecular weight is 344 g/mol. The summed E-state index contributed by atoms with van der Waals surface area (Å²) in [6.45, 7) is 2.62. The number of nitrogens with one attached hydrogen (secondary N) is 1. The van der Waals surface area contributed by atoms with Crippen LogP contribution in [0.1, 0.15) is 11.3 Å². The molecule has 2 aromatic heterocycles. The lowest BCUT2D eigenvalue weighted by Crippen LogP contribution is -2.23. The van der Waals surface area contributed by atoms with Crippen molar-refractivity contribution in [2.45, 2.75) is 13.5 Å². The fraction of sp³-hybridized carbons (Fsp3) is 0.143. The molecule has 130 valence electrons. The molecule has 0 radical (unpaired) electrons. The molecule has 0 saturated carbocycles. The molecule has 1 N–H and O–H groups in total. The SMILES string of the molecule is Cc1ccccc1-c1cn(C)c(=O)n2cc(CNc3ccccc3)nc12. The van der Waals surface area contributed by atoms with Crippen LogP contribution in [0.2, 0.25) is 0 Å². The predicted octanol–water partition coefficient (Wildman–Crippen LogP) is 3.62. The molecule has 5 heteroatoms. The maximum Gasteiger partial charge on any atom is 0.333 e. The molecule has 0 aliphatic rings. The Hall–Kier alpha value is -3.34. The van der Waals surface area contributed by atoms with E-state index in [0.717, 1.165) is 28.1 Å². The number of hydrogen-bond acceptors (Lipinski definition) is 3. The summed E-state index contributed by atoms with van der Waals surface area (Å²) in [5, 5.41) is 3.34. The van der Waals surface area contributed by atoms with Crippen molar-refractivity contribution < 1.29 is 0 Å². The second-order valence-corrected chi connectivity index (χ2v) is 6.40. The highest BCUT2D eigenvalue weighted by atomic mass is 16.1. The minimum atomic E-state index is -0.101. The number of benzene rings is 2. The lowest BCUT2D eigenvalue weighted by molar-refractivity contribution is 0.791. The highest BCUT2D eigenvalue weighted by molar-refractivity contribution is 5.79. The van der Waals surface area contributed by atoms with Gasteiger partial charge in [0.25, 0.3) is 0 Å². The molecule has 0 atom stereocenters. The Kier molecular flexibility index (Phi) is 4.05. The minimum Gasteiger partial charge on any atom is -0.379 e. The fourth-order valence-corrected chi connectivity index (χ4v) is 3.14. The van der Waals surface area contributed by atoms with Crippen molar-refractivity contribution in [3.63, 3.8) is 0 Å². The number of imidazole rings is 1. The van der Waals surface area contributed by atoms with Gasteiger partial charge in [-0.25, -0.2) is 9.78 Å². The number of anilines is 1. The lowest BCUT2D eigenvalue weighted by atomic mass is 10.0. The van der Waals surface area contributed by atoms with Gasteiger partial charge in [0.2, 0.25) is 0 Å². The van der Waals surface area contributed by atoms with E-state index in [9.17, 15) is 4.79 Å². The van der Waals surface area contributed by atoms with Crippen LogP contribution >= 0.6 is 0 Å². The quantitative estimate of drug-likeness (QED) is 0.615. The number of aromatic nitrogens is 3. The second kappa shape index (κ2) is 6.52. The van der Waals surface area contributed by atoms with E-state index < -0.39 is 0 Å². The molecule has 0 bridgehead atoms. The van der Waals surface area contributed by atoms with E-state index in [-0.39, 0.29) is 5.69 Å². The van der Waals surface area contributed by atoms with Crippen molar-refractivity contribution in [2.24, 2.45) is 7.05 Å². The van der Waals surface area contributed by atoms with Crippen LogP contribution in [-0.2, 0) is 13.6 Å². The molecule has 5 nitrogen and oxygen atoms in total. The third-order valence-corrected chi connectivity index (χ3v) is 4.51. The second-order valence-electron chi connectivity index (χ2n) is 6.40. The van der Waals surface area contributed by atoms with Gasteiger partial charge in [-0.2, -0.15) is 0 Å². The van der Waals surface area contributed by atoms with Gasteiger partial charge in [-0.15, -0.1) is 0 Å². The average Bonchev–Trinajstić information content (AvgIpc) is 3.09. The monoisotopic (exact) mass is 344 g/mol. The van der Waals surface area contributed by atoms with Gasteiger partial charge in [0.15, 0.2) is 5.65 Å². The number of aryl methyl sites for hydroxylation is 2. The lowest BCUT2D eigenvalue weighted by Gasteiger charge is -2.09. The highest BCUT2D eigenvalue weighted by Gasteiger charge is 2.14. The third kappa shape index (κ3) is 2.88. The molecule has 0 saturated heterocycles. The Balaban J connectivity index is 1.79. The van der Waals surface area contributed by atoms with Gasteiger partial charge < -0.3 is 9.88 Å². The van der Waals surface area contributed by atoms with E-state index in [4.69, 9.17) is 4.98 Å². The van der Waals surface area contributed by atoms with Crippen molar-refractivity contribution in [1.29, 1.82) is 0 Å². The maximum atomic E-state index is 12.5. The summed E-state index contributed by atoms with van der Waals surface area (Å²) < 4.78 is 3.23. The summed E-state index contributed by atoms with van der Waals surface area (Å²) >= 11 is 0. The molecule has 0 aliphatic carbocycles. The fourth-order valence-electron chi connectivity index (χ4n) is 3.14. The first-order valence-electron chi connectivity index (χ1n) is 8.56. The molecule has 0 fully saturated rings. The number of fused-ring (bicyclic) bond motifs is 1. The maximum absolute atomic E-state index is 12.5. The van der Waals surface area contributed by atoms with E-state index in [1.165, 1.54) is 0 Å². The van der Waals surface area contributed by atoms with Crippen LogP contribution in [0, 0.1) is 6.92 Å². The molecule has 0 amide bonds. The van der Waals surface area contributed by atoms with E-state index in [1.54, 1.807) is 16.0 Å². The zero-order valence-electron chi connectivity index (χ0n) is 14.8. The van der Waals surface area contributed by atoms with Crippen molar-refractivity contribution in [1.82, 2.24) is 14.0 Å². The van der Waals surface area contributed by atoms with Crippen LogP contribution in [0.15, 0.2) is 71.8 Å². The van der Waals surface area contributed by atoms with E-state index in [2.05, 4.69) is 24.4 Å². The molecule has 26 heavy (non-hydrogen) atoms. The van der Waals surface area contributed by atoms with Gasteiger partial charge in [-0.1, -0.05) is 42.5 Å². The molecule has 0 spiro atoms. The molecular weight excluding hydrogens is 324 g/mol. The molecular formula is C21H20N4O. The molecule has 4 rings (SSSR count). The van der Waals surface area contributed by atoms with Gasteiger partial charge in [0, 0.05) is 30.7 Å². The Morgan fingerprint density at radius 3 is 2.46 bits per heavy atom. The van der Waals surface area contributed by atoms with Crippen molar-refractivity contribution in [2.75, 3.05) is 5.32 Å². The summed E-state index contributed by atoms with van der Waals surface area (Å²) in [7, 11) is 1.77. The van der Waals surface area contributed by atoms with Crippen LogP contribution in [-0.4, -0.2) is 14.0 Å². The van der Waals surface area contributed by atoms with Gasteiger partial charge in [-0.3, -0.25) is 4.40 Å². The topological polar surface area (TPSA) is 51.3 Å². The van der Waals surface area contributed by atoms with Crippen LogP contribution in [0.25, 0.3) is 16.8 Å². The van der Waals surface area contributed by atoms with Crippen LogP contribution < -0.4 is 11.0 Å². The number of nitrogens with zero attached hydrogens (tertiary/aromatic N) is 3. The Morgan fingerprint density at radius 2 is 1.69 bits per heavy atom. The molecule has 4 aromatic rings. The summed E-state index contributed by atoms with van der Waals surface area (Å²) in [6, 6.07) is 18.1. The van der Waals surface area contributed by atoms with Crippen molar-refractivity contribution in [3.05, 3.63) is 88.7 Å². The number of rotatable bonds is 4. The van der Waals surface area contributed by atoms with Crippen LogP contribution in [0.4, 0.5) is 5.69 Å². The van der Waals surface area contributed by atoms with E-state index >= 15 is 0 Å². The summed E-state index contributed by atoms with van der Waals surface area (Å²) in [6.07, 6.45) is 3.68. The van der Waals surface area contributed by atoms with Crippen molar-refractivity contribution >= 4 is 11.3 Å². The highest BCUT2D eigenvalue weighted by Crippen LogP contribution is 2.26. The van der Waals surface area contributed by atoms with Gasteiger partial charge in [0.1, 0.15) is 0 Å². The van der Waals surface area contributed by atoms with E-state index in [1.807, 2.05) is 54.9 Å². The zero-order chi connectivity index (χ0) is 18.1. The van der Waals surface area contributed by atoms with Gasteiger partial charge in [0.05, 0.1) is 12.2 Å². The molecule has 0 aliphatic heterocycles. The predicted molar refractivity (Wildman–Crippen MR) is 104 cm³/mol. The van der Waals surface area contributed by atoms with Crippen LogP contribution in [0.3, 0.4) is 0 Å². The Bertz CT molecular complexity index is 1130. The molecule has 2 heterocycles. The normalized spacial score (nSPS) is 11.0. The third-order valence-electron chi connectivity index (χ3n) is 4.51. The van der Waals surface area contributed by atoms with Crippen LogP contribution in [0.5, 0.6) is 0 Å². The smallest absolute Gasteiger partial charge is 0.333 e. The van der Waals surface area contributed by atoms with E-state index in [0.29, 0.717) is 12.2 Å². The van der Waals surface area contributed by atoms with Crippen molar-refractivity contribution in [3.8, 4) is 11.1 Å². The summed E-state index contributed by atoms with van der Waals surface area (Å²) in [5.41, 5.74) is 5.63. The first-order chi connectivity index (χ1) is 12.6. The molecule has 0 unspecified atom stereocenters. The number of para-hydroxylation sites is 1. The summed E-state index contributed by atoms with van der Waals surface area (Å²) in [4.78, 5) is 17.3. The summed E-state index contributed by atoms with van der Waals surface area (Å²) in [5.74, 6) is 0.